The summed E-state index contributed by atoms with van der Waals surface area (Å²) in [5.74, 6) is 0.981. The Balaban J connectivity index is 2.09. The fourth-order valence-corrected chi connectivity index (χ4v) is 1.49. The van der Waals surface area contributed by atoms with E-state index in [0.29, 0.717) is 11.9 Å². The number of hydrogen-bond acceptors (Lipinski definition) is 4. The van der Waals surface area contributed by atoms with Gasteiger partial charge in [-0.25, -0.2) is 10.1 Å². The summed E-state index contributed by atoms with van der Waals surface area (Å²) in [7, 11) is 3.79. The van der Waals surface area contributed by atoms with Crippen LogP contribution in [-0.2, 0) is 0 Å². The molecule has 0 aliphatic heterocycles. The number of hydrogen-bond donors (Lipinski definition) is 2. The maximum Gasteiger partial charge on any atom is 0.271 e. The monoisotopic (exact) mass is 258 g/mol. The summed E-state index contributed by atoms with van der Waals surface area (Å²) in [4.78, 5) is 10.2. The van der Waals surface area contributed by atoms with Crippen LogP contribution in [0.3, 0.4) is 0 Å². The number of H-pyrrole nitrogens is 1. The van der Waals surface area contributed by atoms with Gasteiger partial charge in [-0.3, -0.25) is 0 Å². The first-order chi connectivity index (χ1) is 9.04. The second-order valence-electron chi connectivity index (χ2n) is 4.62. The van der Waals surface area contributed by atoms with E-state index >= 15 is 0 Å². The van der Waals surface area contributed by atoms with Gasteiger partial charge in [0.05, 0.1) is 6.34 Å². The molecule has 0 spiro atoms. The summed E-state index contributed by atoms with van der Waals surface area (Å²) in [6.07, 6.45) is 1.66. The smallest absolute Gasteiger partial charge is 0.271 e. The van der Waals surface area contributed by atoms with E-state index in [1.807, 2.05) is 25.1 Å². The molecule has 2 aromatic rings. The third-order valence-electron chi connectivity index (χ3n) is 2.65. The summed E-state index contributed by atoms with van der Waals surface area (Å²) in [5, 5.41) is 9.97. The Labute approximate surface area is 112 Å². The maximum absolute atomic E-state index is 4.23. The molecule has 2 rings (SSSR count). The van der Waals surface area contributed by atoms with Crippen LogP contribution >= 0.6 is 0 Å². The van der Waals surface area contributed by atoms with Crippen molar-refractivity contribution in [3.63, 3.8) is 0 Å². The Morgan fingerprint density at radius 1 is 1.26 bits per heavy atom. The number of benzene rings is 1. The highest BCUT2D eigenvalue weighted by Gasteiger charge is 2.02. The van der Waals surface area contributed by atoms with Crippen LogP contribution in [0.5, 0.6) is 0 Å². The highest BCUT2D eigenvalue weighted by Crippen LogP contribution is 2.18. The van der Waals surface area contributed by atoms with E-state index in [-0.39, 0.29) is 0 Å². The maximum atomic E-state index is 4.23. The molecule has 1 aromatic heterocycles. The fourth-order valence-electron chi connectivity index (χ4n) is 1.49. The predicted molar refractivity (Wildman–Crippen MR) is 77.4 cm³/mol. The molecule has 19 heavy (non-hydrogen) atoms. The third kappa shape index (κ3) is 3.54. The topological polar surface area (TPSA) is 69.2 Å². The van der Waals surface area contributed by atoms with E-state index in [1.54, 1.807) is 6.34 Å². The van der Waals surface area contributed by atoms with Crippen LogP contribution in [0.15, 0.2) is 23.2 Å². The van der Waals surface area contributed by atoms with Gasteiger partial charge in [0, 0.05) is 19.8 Å². The number of aromatic nitrogens is 3. The molecule has 1 heterocycles. The number of rotatable bonds is 4. The molecule has 6 nitrogen and oxygen atoms in total. The molecule has 0 aliphatic rings. The minimum absolute atomic E-state index is 0.403. The lowest BCUT2D eigenvalue weighted by Crippen LogP contribution is -2.07. The van der Waals surface area contributed by atoms with E-state index in [0.717, 1.165) is 5.69 Å². The molecule has 0 atom stereocenters. The molecule has 6 heteroatoms. The molecule has 2 N–H and O–H groups in total. The van der Waals surface area contributed by atoms with E-state index in [4.69, 9.17) is 0 Å². The Bertz CT molecular complexity index is 585. The van der Waals surface area contributed by atoms with Crippen LogP contribution < -0.4 is 5.32 Å². The van der Waals surface area contributed by atoms with Crippen molar-refractivity contribution in [2.24, 2.45) is 4.99 Å². The average Bonchev–Trinajstić information content (AvgIpc) is 2.79. The van der Waals surface area contributed by atoms with Crippen molar-refractivity contribution >= 4 is 23.9 Å². The number of anilines is 2. The molecule has 0 fully saturated rings. The molecule has 100 valence electrons. The lowest BCUT2D eigenvalue weighted by Gasteiger charge is -2.05. The Morgan fingerprint density at radius 3 is 2.74 bits per heavy atom. The molecule has 0 aliphatic carbocycles. The lowest BCUT2D eigenvalue weighted by atomic mass is 10.1. The van der Waals surface area contributed by atoms with Crippen molar-refractivity contribution in [1.29, 1.82) is 0 Å². The quantitative estimate of drug-likeness (QED) is 0.652. The van der Waals surface area contributed by atoms with Gasteiger partial charge in [-0.2, -0.15) is 4.98 Å². The van der Waals surface area contributed by atoms with Gasteiger partial charge >= 0.3 is 0 Å². The highest BCUT2D eigenvalue weighted by atomic mass is 15.3. The van der Waals surface area contributed by atoms with Crippen molar-refractivity contribution in [3.8, 4) is 0 Å². The molecular weight excluding hydrogens is 240 g/mol. The molecule has 1 aromatic carbocycles. The van der Waals surface area contributed by atoms with Gasteiger partial charge in [-0.05, 0) is 37.1 Å². The van der Waals surface area contributed by atoms with Crippen LogP contribution in [0, 0.1) is 13.8 Å². The summed E-state index contributed by atoms with van der Waals surface area (Å²) in [6, 6.07) is 6.15. The number of nitrogens with one attached hydrogen (secondary N) is 2. The number of aromatic amines is 1. The zero-order valence-corrected chi connectivity index (χ0v) is 11.6. The Hall–Kier alpha value is -2.37. The predicted octanol–water partition coefficient (Wildman–Crippen LogP) is 2.39. The van der Waals surface area contributed by atoms with Crippen LogP contribution in [0.2, 0.25) is 0 Å². The summed E-state index contributed by atoms with van der Waals surface area (Å²) in [5.41, 5.74) is 3.47. The van der Waals surface area contributed by atoms with Gasteiger partial charge < -0.3 is 10.2 Å². The zero-order chi connectivity index (χ0) is 13.8. The highest BCUT2D eigenvalue weighted by molar-refractivity contribution is 5.59. The van der Waals surface area contributed by atoms with Gasteiger partial charge in [-0.15, -0.1) is 5.10 Å². The molecule has 0 amide bonds. The van der Waals surface area contributed by atoms with E-state index in [1.165, 1.54) is 11.1 Å². The Kier molecular flexibility index (Phi) is 3.79. The normalized spacial score (nSPS) is 10.9. The van der Waals surface area contributed by atoms with Crippen LogP contribution in [0.1, 0.15) is 11.1 Å². The molecule has 0 radical (unpaired) electrons. The second kappa shape index (κ2) is 5.51. The largest absolute Gasteiger partial charge is 0.369 e. The molecule has 0 saturated heterocycles. The van der Waals surface area contributed by atoms with Gasteiger partial charge in [0.25, 0.3) is 5.95 Å². The second-order valence-corrected chi connectivity index (χ2v) is 4.62. The first-order valence-electron chi connectivity index (χ1n) is 6.02. The number of aliphatic imine (C=N–C) groups is 1. The number of aryl methyl sites for hydroxylation is 2. The molecule has 0 unspecified atom stereocenters. The van der Waals surface area contributed by atoms with Gasteiger partial charge in [0.2, 0.25) is 5.95 Å². The van der Waals surface area contributed by atoms with Crippen LogP contribution in [0.4, 0.5) is 17.6 Å². The van der Waals surface area contributed by atoms with Gasteiger partial charge in [0.15, 0.2) is 0 Å². The third-order valence-corrected chi connectivity index (χ3v) is 2.65. The summed E-state index contributed by atoms with van der Waals surface area (Å²) < 4.78 is 0. The van der Waals surface area contributed by atoms with Crippen molar-refractivity contribution < 1.29 is 0 Å². The minimum atomic E-state index is 0.403. The van der Waals surface area contributed by atoms with Crippen molar-refractivity contribution in [2.45, 2.75) is 13.8 Å². The van der Waals surface area contributed by atoms with E-state index in [2.05, 4.69) is 51.5 Å². The van der Waals surface area contributed by atoms with Gasteiger partial charge in [-0.1, -0.05) is 6.07 Å². The lowest BCUT2D eigenvalue weighted by molar-refractivity contribution is 0.642. The zero-order valence-electron chi connectivity index (χ0n) is 11.6. The standard InChI is InChI=1S/C13H18N6/c1-9-5-6-11(7-10(9)2)15-13-16-12(17-18-13)14-8-19(3)4/h5-8H,1-4H3,(H2,15,16,17,18). The van der Waals surface area contributed by atoms with Crippen molar-refractivity contribution in [1.82, 2.24) is 20.1 Å². The van der Waals surface area contributed by atoms with E-state index < -0.39 is 0 Å². The average molecular weight is 258 g/mol. The molecule has 0 bridgehead atoms. The Morgan fingerprint density at radius 2 is 2.05 bits per heavy atom. The summed E-state index contributed by atoms with van der Waals surface area (Å²) >= 11 is 0. The van der Waals surface area contributed by atoms with E-state index in [9.17, 15) is 0 Å². The van der Waals surface area contributed by atoms with Crippen molar-refractivity contribution in [2.75, 3.05) is 19.4 Å². The fraction of sp³-hybridized carbons (Fsp3) is 0.308. The first kappa shape index (κ1) is 13.1. The molecule has 0 saturated carbocycles. The van der Waals surface area contributed by atoms with Crippen molar-refractivity contribution in [3.05, 3.63) is 29.3 Å². The van der Waals surface area contributed by atoms with Crippen LogP contribution in [0.25, 0.3) is 0 Å². The number of nitrogens with zero attached hydrogens (tertiary/aromatic N) is 4. The minimum Gasteiger partial charge on any atom is -0.369 e. The van der Waals surface area contributed by atoms with Gasteiger partial charge in [0.1, 0.15) is 0 Å². The molecular formula is C13H18N6. The summed E-state index contributed by atoms with van der Waals surface area (Å²) in [6.45, 7) is 4.16. The SMILES string of the molecule is Cc1ccc(Nc2nc(N=CN(C)C)n[nH]2)cc1C. The first-order valence-corrected chi connectivity index (χ1v) is 6.02. The van der Waals surface area contributed by atoms with Crippen LogP contribution in [-0.4, -0.2) is 40.5 Å².